The second-order valence-electron chi connectivity index (χ2n) is 7.44. The summed E-state index contributed by atoms with van der Waals surface area (Å²) in [6.45, 7) is -0.0209. The van der Waals surface area contributed by atoms with Crippen LogP contribution >= 0.6 is 0 Å². The molecule has 1 aliphatic heterocycles. The van der Waals surface area contributed by atoms with Crippen LogP contribution in [0, 0.1) is 0 Å². The highest BCUT2D eigenvalue weighted by Crippen LogP contribution is 2.39. The highest BCUT2D eigenvalue weighted by molar-refractivity contribution is 6.21. The third-order valence-electron chi connectivity index (χ3n) is 5.30. The molecule has 4 rings (SSSR count). The first kappa shape index (κ1) is 20.2. The zero-order valence-electron chi connectivity index (χ0n) is 16.6. The number of furan rings is 1. The topological polar surface area (TPSA) is 117 Å². The van der Waals surface area contributed by atoms with Gasteiger partial charge in [-0.3, -0.25) is 0 Å². The maximum absolute atomic E-state index is 12.6. The van der Waals surface area contributed by atoms with Gasteiger partial charge in [0.25, 0.3) is 0 Å². The lowest BCUT2D eigenvalue weighted by atomic mass is 9.95. The van der Waals surface area contributed by atoms with Gasteiger partial charge in [0.2, 0.25) is 5.88 Å². The standard InChI is InChI=1S/C22H25N3O5/c26-10-5-11-29-22(28)18-19(27)17(30-21(18)25-15-6-2-1-3-7-15)12-14-13-24-20-16(14)8-4-9-23-20/h4,8-9,12-13,15,25-27H,1-3,5-7,10-11H2. The Labute approximate surface area is 174 Å². The second kappa shape index (κ2) is 9.13. The van der Waals surface area contributed by atoms with Crippen LogP contribution in [0.5, 0.6) is 5.75 Å². The van der Waals surface area contributed by atoms with Gasteiger partial charge in [0.15, 0.2) is 22.9 Å². The number of aliphatic hydroxyl groups is 1. The monoisotopic (exact) mass is 411 g/mol. The lowest BCUT2D eigenvalue weighted by Gasteiger charge is -2.22. The number of allylic oxidation sites excluding steroid dienone is 1. The number of hydrogen-bond donors (Lipinski definition) is 3. The van der Waals surface area contributed by atoms with Crippen LogP contribution in [-0.4, -0.2) is 46.6 Å². The fourth-order valence-corrected chi connectivity index (χ4v) is 3.74. The van der Waals surface area contributed by atoms with E-state index in [1.807, 2.05) is 12.1 Å². The van der Waals surface area contributed by atoms with Crippen molar-refractivity contribution in [3.05, 3.63) is 35.2 Å². The van der Waals surface area contributed by atoms with E-state index in [1.165, 1.54) is 6.42 Å². The van der Waals surface area contributed by atoms with E-state index in [1.54, 1.807) is 18.5 Å². The minimum atomic E-state index is -0.685. The van der Waals surface area contributed by atoms with Crippen molar-refractivity contribution in [3.8, 4) is 5.75 Å². The molecule has 30 heavy (non-hydrogen) atoms. The van der Waals surface area contributed by atoms with E-state index < -0.39 is 5.97 Å². The van der Waals surface area contributed by atoms with Crippen molar-refractivity contribution < 1.29 is 24.2 Å². The summed E-state index contributed by atoms with van der Waals surface area (Å²) in [6.07, 6.45) is 10.6. The first-order chi connectivity index (χ1) is 14.7. The van der Waals surface area contributed by atoms with Gasteiger partial charge >= 0.3 is 5.97 Å². The number of aromatic hydroxyl groups is 1. The van der Waals surface area contributed by atoms with Gasteiger partial charge in [-0.15, -0.1) is 0 Å². The molecule has 8 nitrogen and oxygen atoms in total. The molecule has 0 bridgehead atoms. The van der Waals surface area contributed by atoms with E-state index in [2.05, 4.69) is 15.3 Å². The van der Waals surface area contributed by atoms with Crippen molar-refractivity contribution in [1.29, 1.82) is 0 Å². The number of anilines is 1. The Morgan fingerprint density at radius 1 is 1.33 bits per heavy atom. The molecule has 2 aromatic heterocycles. The van der Waals surface area contributed by atoms with E-state index in [4.69, 9.17) is 14.3 Å². The van der Waals surface area contributed by atoms with Crippen LogP contribution in [0.4, 0.5) is 11.7 Å². The molecule has 3 N–H and O–H groups in total. The van der Waals surface area contributed by atoms with Gasteiger partial charge in [0.05, 0.1) is 6.61 Å². The fraction of sp³-hybridized carbons (Fsp3) is 0.409. The maximum atomic E-state index is 12.6. The third-order valence-corrected chi connectivity index (χ3v) is 5.30. The van der Waals surface area contributed by atoms with Crippen LogP contribution in [-0.2, 0) is 4.74 Å². The van der Waals surface area contributed by atoms with Crippen LogP contribution in [0.2, 0.25) is 0 Å². The Morgan fingerprint density at radius 2 is 2.17 bits per heavy atom. The molecule has 1 fully saturated rings. The molecular formula is C22H25N3O5. The number of aliphatic hydroxyl groups excluding tert-OH is 1. The Balaban J connectivity index is 1.66. The summed E-state index contributed by atoms with van der Waals surface area (Å²) in [5, 5.41) is 23.0. The summed E-state index contributed by atoms with van der Waals surface area (Å²) in [5.41, 5.74) is 1.53. The summed E-state index contributed by atoms with van der Waals surface area (Å²) < 4.78 is 11.1. The zero-order valence-corrected chi connectivity index (χ0v) is 16.6. The number of esters is 1. The van der Waals surface area contributed by atoms with Crippen molar-refractivity contribution in [3.63, 3.8) is 0 Å². The summed E-state index contributed by atoms with van der Waals surface area (Å²) in [4.78, 5) is 21.1. The molecule has 0 atom stereocenters. The first-order valence-electron chi connectivity index (χ1n) is 10.3. The molecule has 2 aliphatic rings. The molecule has 0 spiro atoms. The van der Waals surface area contributed by atoms with Gasteiger partial charge in [-0.25, -0.2) is 14.8 Å². The molecule has 0 radical (unpaired) electrons. The summed E-state index contributed by atoms with van der Waals surface area (Å²) in [6, 6.07) is 3.86. The van der Waals surface area contributed by atoms with Crippen molar-refractivity contribution in [2.75, 3.05) is 18.5 Å². The lowest BCUT2D eigenvalue weighted by Crippen LogP contribution is -2.23. The number of nitrogens with one attached hydrogen (secondary N) is 1. The zero-order chi connectivity index (χ0) is 20.9. The number of ether oxygens (including phenoxy) is 1. The third kappa shape index (κ3) is 4.23. The average Bonchev–Trinajstić information content (AvgIpc) is 3.30. The number of carbonyl (C=O) groups is 1. The molecule has 0 aromatic carbocycles. The summed E-state index contributed by atoms with van der Waals surface area (Å²) >= 11 is 0. The van der Waals surface area contributed by atoms with E-state index in [0.29, 0.717) is 12.2 Å². The number of nitrogens with zero attached hydrogens (tertiary/aromatic N) is 2. The Morgan fingerprint density at radius 3 is 2.97 bits per heavy atom. The number of rotatable bonds is 7. The Hall–Kier alpha value is -3.13. The van der Waals surface area contributed by atoms with Crippen molar-refractivity contribution in [2.24, 2.45) is 4.99 Å². The number of fused-ring (bicyclic) bond motifs is 1. The minimum Gasteiger partial charge on any atom is -0.504 e. The summed E-state index contributed by atoms with van der Waals surface area (Å²) in [7, 11) is 0. The molecule has 0 amide bonds. The Kier molecular flexibility index (Phi) is 6.13. The van der Waals surface area contributed by atoms with Gasteiger partial charge in [0.1, 0.15) is 0 Å². The van der Waals surface area contributed by atoms with Gasteiger partial charge in [-0.05, 0) is 31.1 Å². The minimum absolute atomic E-state index is 0.0216. The van der Waals surface area contributed by atoms with Crippen LogP contribution in [0.1, 0.15) is 60.2 Å². The smallest absolute Gasteiger partial charge is 0.347 e. The van der Waals surface area contributed by atoms with Crippen LogP contribution in [0.25, 0.3) is 11.6 Å². The normalized spacial score (nSPS) is 17.3. The quantitative estimate of drug-likeness (QED) is 0.467. The second-order valence-corrected chi connectivity index (χ2v) is 7.44. The van der Waals surface area contributed by atoms with Gasteiger partial charge in [0, 0.05) is 42.6 Å². The summed E-state index contributed by atoms with van der Waals surface area (Å²) in [5.74, 6) is -0.00323. The van der Waals surface area contributed by atoms with Crippen molar-refractivity contribution in [1.82, 2.24) is 4.98 Å². The number of aliphatic imine (C=N–C) groups is 1. The maximum Gasteiger partial charge on any atom is 0.347 e. The van der Waals surface area contributed by atoms with Crippen LogP contribution in [0.3, 0.4) is 0 Å². The molecule has 2 aromatic rings. The molecule has 0 saturated heterocycles. The molecule has 158 valence electrons. The number of carbonyl (C=O) groups excluding carboxylic acids is 1. The molecule has 8 heteroatoms. The van der Waals surface area contributed by atoms with Crippen LogP contribution < -0.4 is 5.32 Å². The fourth-order valence-electron chi connectivity index (χ4n) is 3.74. The Bertz CT molecular complexity index is 973. The van der Waals surface area contributed by atoms with Crippen molar-refractivity contribution in [2.45, 2.75) is 44.6 Å². The van der Waals surface area contributed by atoms with Gasteiger partial charge < -0.3 is 24.7 Å². The largest absolute Gasteiger partial charge is 0.504 e. The highest BCUT2D eigenvalue weighted by atomic mass is 16.5. The predicted octanol–water partition coefficient (Wildman–Crippen LogP) is 3.92. The van der Waals surface area contributed by atoms with E-state index in [0.717, 1.165) is 36.8 Å². The molecule has 1 aliphatic carbocycles. The van der Waals surface area contributed by atoms with Gasteiger partial charge in [-0.2, -0.15) is 0 Å². The molecule has 3 heterocycles. The number of pyridine rings is 1. The molecule has 1 saturated carbocycles. The van der Waals surface area contributed by atoms with E-state index in [-0.39, 0.29) is 42.2 Å². The highest BCUT2D eigenvalue weighted by Gasteiger charge is 2.29. The van der Waals surface area contributed by atoms with Crippen molar-refractivity contribution >= 4 is 35.5 Å². The molecule has 0 unspecified atom stereocenters. The lowest BCUT2D eigenvalue weighted by molar-refractivity contribution is 0.0480. The molecular weight excluding hydrogens is 386 g/mol. The van der Waals surface area contributed by atoms with E-state index >= 15 is 0 Å². The predicted molar refractivity (Wildman–Crippen MR) is 113 cm³/mol. The average molecular weight is 411 g/mol. The first-order valence-corrected chi connectivity index (χ1v) is 10.3. The van der Waals surface area contributed by atoms with Crippen LogP contribution in [0.15, 0.2) is 27.7 Å². The van der Waals surface area contributed by atoms with Gasteiger partial charge in [-0.1, -0.05) is 19.3 Å². The number of aromatic nitrogens is 1. The SMILES string of the molecule is O=C(OCCCO)c1c(NC2CCCCC2)oc(C=C2C=Nc3ncccc32)c1O. The number of hydrogen-bond acceptors (Lipinski definition) is 8. The van der Waals surface area contributed by atoms with E-state index in [9.17, 15) is 9.90 Å².